The van der Waals surface area contributed by atoms with Crippen LogP contribution < -0.4 is 5.32 Å². The lowest BCUT2D eigenvalue weighted by atomic mass is 10.2. The maximum absolute atomic E-state index is 5.16. The molecule has 0 aliphatic carbocycles. The fraction of sp³-hybridized carbons (Fsp3) is 0.700. The Morgan fingerprint density at radius 3 is 2.93 bits per heavy atom. The van der Waals surface area contributed by atoms with Crippen molar-refractivity contribution < 1.29 is 4.42 Å². The Labute approximate surface area is 89.7 Å². The van der Waals surface area contributed by atoms with Crippen LogP contribution in [0.3, 0.4) is 0 Å². The van der Waals surface area contributed by atoms with E-state index in [0.717, 1.165) is 18.2 Å². The minimum absolute atomic E-state index is 0.489. The predicted octanol–water partition coefficient (Wildman–Crippen LogP) is 2.54. The van der Waals surface area contributed by atoms with Crippen LogP contribution in [0.1, 0.15) is 27.2 Å². The molecule has 0 radical (unpaired) electrons. The normalized spacial score (nSPS) is 15.4. The van der Waals surface area contributed by atoms with E-state index in [1.54, 1.807) is 24.2 Å². The van der Waals surface area contributed by atoms with Crippen molar-refractivity contribution in [3.63, 3.8) is 0 Å². The molecule has 0 bridgehead atoms. The zero-order valence-corrected chi connectivity index (χ0v) is 9.80. The molecule has 80 valence electrons. The van der Waals surface area contributed by atoms with Crippen LogP contribution in [0.25, 0.3) is 0 Å². The van der Waals surface area contributed by atoms with Gasteiger partial charge >= 0.3 is 0 Å². The van der Waals surface area contributed by atoms with Crippen molar-refractivity contribution in [2.45, 2.75) is 43.7 Å². The van der Waals surface area contributed by atoms with Crippen molar-refractivity contribution in [1.82, 2.24) is 10.3 Å². The zero-order valence-electron chi connectivity index (χ0n) is 8.99. The lowest BCUT2D eigenvalue weighted by Crippen LogP contribution is -2.30. The number of thioether (sulfide) groups is 1. The molecule has 1 aromatic heterocycles. The smallest absolute Gasteiger partial charge is 0.255 e. The Kier molecular flexibility index (Phi) is 5.04. The molecule has 0 saturated carbocycles. The van der Waals surface area contributed by atoms with E-state index in [1.807, 2.05) is 0 Å². The Balaban J connectivity index is 2.19. The highest BCUT2D eigenvalue weighted by Gasteiger charge is 2.08. The maximum atomic E-state index is 5.16. The number of oxazole rings is 1. The molecular weight excluding hydrogens is 196 g/mol. The molecular formula is C10H18N2OS. The fourth-order valence-corrected chi connectivity index (χ4v) is 1.75. The molecule has 3 nitrogen and oxygen atoms in total. The van der Waals surface area contributed by atoms with Crippen molar-refractivity contribution >= 4 is 11.8 Å². The number of nitrogens with one attached hydrogen (secondary N) is 1. The Bertz CT molecular complexity index is 238. The SMILES string of the molecule is CCC(C)NCC(C)Sc1ncco1. The van der Waals surface area contributed by atoms with E-state index < -0.39 is 0 Å². The first kappa shape index (κ1) is 11.6. The van der Waals surface area contributed by atoms with Gasteiger partial charge in [-0.15, -0.1) is 0 Å². The summed E-state index contributed by atoms with van der Waals surface area (Å²) in [7, 11) is 0. The van der Waals surface area contributed by atoms with Crippen molar-refractivity contribution in [3.8, 4) is 0 Å². The summed E-state index contributed by atoms with van der Waals surface area (Å²) in [4.78, 5) is 4.07. The van der Waals surface area contributed by atoms with Crippen LogP contribution in [0.4, 0.5) is 0 Å². The minimum atomic E-state index is 0.489. The number of hydrogen-bond donors (Lipinski definition) is 1. The van der Waals surface area contributed by atoms with Gasteiger partial charge < -0.3 is 9.73 Å². The molecule has 0 spiro atoms. The summed E-state index contributed by atoms with van der Waals surface area (Å²) in [5, 5.41) is 4.70. The van der Waals surface area contributed by atoms with Gasteiger partial charge in [0.2, 0.25) is 0 Å². The lowest BCUT2D eigenvalue weighted by molar-refractivity contribution is 0.452. The van der Waals surface area contributed by atoms with E-state index >= 15 is 0 Å². The van der Waals surface area contributed by atoms with Gasteiger partial charge in [-0.3, -0.25) is 0 Å². The van der Waals surface area contributed by atoms with Gasteiger partial charge in [0.25, 0.3) is 5.22 Å². The van der Waals surface area contributed by atoms with E-state index in [4.69, 9.17) is 4.42 Å². The van der Waals surface area contributed by atoms with Gasteiger partial charge in [0.15, 0.2) is 0 Å². The Morgan fingerprint density at radius 2 is 2.36 bits per heavy atom. The second-order valence-electron chi connectivity index (χ2n) is 3.44. The first-order valence-corrected chi connectivity index (χ1v) is 5.89. The van der Waals surface area contributed by atoms with Crippen LogP contribution in [-0.4, -0.2) is 22.8 Å². The zero-order chi connectivity index (χ0) is 10.4. The number of aromatic nitrogens is 1. The monoisotopic (exact) mass is 214 g/mol. The molecule has 1 aromatic rings. The summed E-state index contributed by atoms with van der Waals surface area (Å²) >= 11 is 1.66. The molecule has 0 aromatic carbocycles. The molecule has 1 heterocycles. The average molecular weight is 214 g/mol. The quantitative estimate of drug-likeness (QED) is 0.739. The Hall–Kier alpha value is -0.480. The standard InChI is InChI=1S/C10H18N2OS/c1-4-8(2)12-7-9(3)14-10-11-5-6-13-10/h5-6,8-9,12H,4,7H2,1-3H3. The van der Waals surface area contributed by atoms with Crippen LogP contribution >= 0.6 is 11.8 Å². The van der Waals surface area contributed by atoms with E-state index in [1.165, 1.54) is 0 Å². The lowest BCUT2D eigenvalue weighted by Gasteiger charge is -2.14. The van der Waals surface area contributed by atoms with Crippen LogP contribution in [0.15, 0.2) is 22.1 Å². The molecule has 1 N–H and O–H groups in total. The molecule has 0 aliphatic rings. The van der Waals surface area contributed by atoms with Crippen molar-refractivity contribution in [1.29, 1.82) is 0 Å². The van der Waals surface area contributed by atoms with Gasteiger partial charge in [0, 0.05) is 17.8 Å². The highest BCUT2D eigenvalue weighted by molar-refractivity contribution is 7.99. The summed E-state index contributed by atoms with van der Waals surface area (Å²) in [6.07, 6.45) is 4.45. The predicted molar refractivity (Wildman–Crippen MR) is 59.6 cm³/mol. The minimum Gasteiger partial charge on any atom is -0.440 e. The van der Waals surface area contributed by atoms with E-state index in [2.05, 4.69) is 31.1 Å². The highest BCUT2D eigenvalue weighted by atomic mass is 32.2. The van der Waals surface area contributed by atoms with Crippen molar-refractivity contribution in [2.24, 2.45) is 0 Å². The molecule has 4 heteroatoms. The topological polar surface area (TPSA) is 38.1 Å². The number of nitrogens with zero attached hydrogens (tertiary/aromatic N) is 1. The largest absolute Gasteiger partial charge is 0.440 e. The molecule has 0 amide bonds. The van der Waals surface area contributed by atoms with E-state index in [0.29, 0.717) is 11.3 Å². The second-order valence-corrected chi connectivity index (χ2v) is 4.83. The number of hydrogen-bond acceptors (Lipinski definition) is 4. The van der Waals surface area contributed by atoms with Crippen molar-refractivity contribution in [2.75, 3.05) is 6.54 Å². The van der Waals surface area contributed by atoms with Gasteiger partial charge in [0.05, 0.1) is 6.20 Å². The Morgan fingerprint density at radius 1 is 1.57 bits per heavy atom. The van der Waals surface area contributed by atoms with Crippen LogP contribution in [0.2, 0.25) is 0 Å². The third kappa shape index (κ3) is 4.15. The average Bonchev–Trinajstić information content (AvgIpc) is 2.66. The first-order valence-electron chi connectivity index (χ1n) is 5.02. The van der Waals surface area contributed by atoms with Crippen LogP contribution in [0, 0.1) is 0 Å². The molecule has 0 aliphatic heterocycles. The third-order valence-corrected chi connectivity index (χ3v) is 3.05. The van der Waals surface area contributed by atoms with Gasteiger partial charge in [-0.25, -0.2) is 4.98 Å². The van der Waals surface area contributed by atoms with Crippen LogP contribution in [0.5, 0.6) is 0 Å². The van der Waals surface area contributed by atoms with Gasteiger partial charge in [0.1, 0.15) is 6.26 Å². The summed E-state index contributed by atoms with van der Waals surface area (Å²) < 4.78 is 5.16. The van der Waals surface area contributed by atoms with Crippen molar-refractivity contribution in [3.05, 3.63) is 12.5 Å². The fourth-order valence-electron chi connectivity index (χ4n) is 0.994. The van der Waals surface area contributed by atoms with Crippen LogP contribution in [-0.2, 0) is 0 Å². The summed E-state index contributed by atoms with van der Waals surface area (Å²) in [5.74, 6) is 0. The summed E-state index contributed by atoms with van der Waals surface area (Å²) in [6.45, 7) is 7.54. The van der Waals surface area contributed by atoms with Gasteiger partial charge in [-0.05, 0) is 13.3 Å². The molecule has 0 saturated heterocycles. The summed E-state index contributed by atoms with van der Waals surface area (Å²) in [6, 6.07) is 0.586. The second kappa shape index (κ2) is 6.09. The molecule has 2 unspecified atom stereocenters. The molecule has 0 fully saturated rings. The molecule has 14 heavy (non-hydrogen) atoms. The molecule has 2 atom stereocenters. The van der Waals surface area contributed by atoms with E-state index in [-0.39, 0.29) is 0 Å². The highest BCUT2D eigenvalue weighted by Crippen LogP contribution is 2.20. The summed E-state index contributed by atoms with van der Waals surface area (Å²) in [5.41, 5.74) is 0. The van der Waals surface area contributed by atoms with Gasteiger partial charge in [-0.2, -0.15) is 0 Å². The first-order chi connectivity index (χ1) is 6.72. The molecule has 1 rings (SSSR count). The third-order valence-electron chi connectivity index (χ3n) is 2.08. The number of rotatable bonds is 6. The van der Waals surface area contributed by atoms with Gasteiger partial charge in [-0.1, -0.05) is 25.6 Å². The maximum Gasteiger partial charge on any atom is 0.255 e. The van der Waals surface area contributed by atoms with E-state index in [9.17, 15) is 0 Å².